The molecule has 21 heavy (non-hydrogen) atoms. The minimum Gasteiger partial charge on any atom is -0.494 e. The zero-order valence-electron chi connectivity index (χ0n) is 11.9. The van der Waals surface area contributed by atoms with Crippen molar-refractivity contribution in [2.24, 2.45) is 0 Å². The van der Waals surface area contributed by atoms with Crippen LogP contribution in [0.4, 0.5) is 15.8 Å². The van der Waals surface area contributed by atoms with Crippen LogP contribution in [0.25, 0.3) is 0 Å². The number of methoxy groups -OCH3 is 1. The van der Waals surface area contributed by atoms with Crippen LogP contribution in [-0.2, 0) is 0 Å². The molecule has 2 rings (SSSR count). The van der Waals surface area contributed by atoms with Crippen LogP contribution in [0.2, 0.25) is 0 Å². The zero-order valence-corrected chi connectivity index (χ0v) is 11.9. The number of nitro groups is 1. The molecule has 0 saturated carbocycles. The summed E-state index contributed by atoms with van der Waals surface area (Å²) in [4.78, 5) is 12.6. The lowest BCUT2D eigenvalue weighted by Crippen LogP contribution is -2.45. The number of rotatable bonds is 6. The van der Waals surface area contributed by atoms with Gasteiger partial charge in [-0.3, -0.25) is 15.0 Å². The predicted molar refractivity (Wildman–Crippen MR) is 77.4 cm³/mol. The average molecular weight is 298 g/mol. The number of halogens is 1. The smallest absolute Gasteiger partial charge is 0.295 e. The van der Waals surface area contributed by atoms with Crippen molar-refractivity contribution in [1.29, 1.82) is 0 Å². The van der Waals surface area contributed by atoms with Crippen LogP contribution in [0.5, 0.6) is 5.75 Å². The quantitative estimate of drug-likeness (QED) is 0.604. The molecular formula is C13H19FN4O3. The highest BCUT2D eigenvalue weighted by Crippen LogP contribution is 2.31. The highest BCUT2D eigenvalue weighted by molar-refractivity contribution is 5.64. The van der Waals surface area contributed by atoms with Gasteiger partial charge in [0.15, 0.2) is 11.6 Å². The van der Waals surface area contributed by atoms with Gasteiger partial charge in [-0.1, -0.05) is 0 Å². The Morgan fingerprint density at radius 2 is 2.19 bits per heavy atom. The van der Waals surface area contributed by atoms with Gasteiger partial charge in [0, 0.05) is 45.3 Å². The van der Waals surface area contributed by atoms with E-state index in [0.29, 0.717) is 6.54 Å². The fourth-order valence-corrected chi connectivity index (χ4v) is 2.28. The summed E-state index contributed by atoms with van der Waals surface area (Å²) in [5.74, 6) is -0.748. The molecule has 1 saturated heterocycles. The number of benzene rings is 1. The fraction of sp³-hybridized carbons (Fsp3) is 0.538. The number of ether oxygens (including phenoxy) is 1. The molecule has 1 aromatic rings. The van der Waals surface area contributed by atoms with Crippen LogP contribution in [0.3, 0.4) is 0 Å². The highest BCUT2D eigenvalue weighted by Gasteiger charge is 2.19. The number of piperazine rings is 1. The minimum absolute atomic E-state index is 0.00901. The number of hydrogen-bond donors (Lipinski definition) is 2. The monoisotopic (exact) mass is 298 g/mol. The van der Waals surface area contributed by atoms with Gasteiger partial charge in [0.2, 0.25) is 0 Å². The van der Waals surface area contributed by atoms with Crippen LogP contribution < -0.4 is 15.4 Å². The van der Waals surface area contributed by atoms with Gasteiger partial charge >= 0.3 is 0 Å². The molecule has 1 aromatic carbocycles. The van der Waals surface area contributed by atoms with E-state index in [2.05, 4.69) is 15.5 Å². The molecule has 1 aliphatic rings. The van der Waals surface area contributed by atoms with Crippen LogP contribution in [0, 0.1) is 15.9 Å². The van der Waals surface area contributed by atoms with Gasteiger partial charge in [0.05, 0.1) is 18.1 Å². The zero-order chi connectivity index (χ0) is 15.2. The Bertz CT molecular complexity index is 506. The van der Waals surface area contributed by atoms with Gasteiger partial charge in [-0.2, -0.15) is 0 Å². The molecule has 0 aromatic heterocycles. The number of hydrogen-bond acceptors (Lipinski definition) is 6. The van der Waals surface area contributed by atoms with Crippen LogP contribution in [-0.4, -0.2) is 56.2 Å². The van der Waals surface area contributed by atoms with Gasteiger partial charge in [-0.25, -0.2) is 4.39 Å². The maximum absolute atomic E-state index is 13.5. The Balaban J connectivity index is 2.01. The standard InChI is InChI=1S/C13H19FN4O3/c1-21-13-9-11(12(18(19)20)8-10(13)14)16-4-7-17-5-2-15-3-6-17/h8-9,15-16H,2-7H2,1H3. The third kappa shape index (κ3) is 4.02. The van der Waals surface area contributed by atoms with Gasteiger partial charge in [0.1, 0.15) is 5.69 Å². The van der Waals surface area contributed by atoms with Gasteiger partial charge < -0.3 is 15.4 Å². The Kier molecular flexibility index (Phi) is 5.29. The normalized spacial score (nSPS) is 15.7. The van der Waals surface area contributed by atoms with Crippen molar-refractivity contribution in [2.45, 2.75) is 0 Å². The molecule has 0 radical (unpaired) electrons. The summed E-state index contributed by atoms with van der Waals surface area (Å²) in [6.07, 6.45) is 0. The van der Waals surface area contributed by atoms with E-state index in [-0.39, 0.29) is 17.1 Å². The molecule has 2 N–H and O–H groups in total. The third-order valence-corrected chi connectivity index (χ3v) is 3.42. The molecule has 8 heteroatoms. The van der Waals surface area contributed by atoms with Crippen molar-refractivity contribution in [3.8, 4) is 5.75 Å². The number of anilines is 1. The molecule has 1 aliphatic heterocycles. The maximum Gasteiger partial charge on any atom is 0.295 e. The van der Waals surface area contributed by atoms with Gasteiger partial charge in [-0.15, -0.1) is 0 Å². The summed E-state index contributed by atoms with van der Waals surface area (Å²) >= 11 is 0. The van der Waals surface area contributed by atoms with Crippen molar-refractivity contribution >= 4 is 11.4 Å². The fourth-order valence-electron chi connectivity index (χ4n) is 2.28. The van der Waals surface area contributed by atoms with E-state index in [9.17, 15) is 14.5 Å². The van der Waals surface area contributed by atoms with E-state index in [4.69, 9.17) is 4.74 Å². The number of nitrogens with one attached hydrogen (secondary N) is 2. The second-order valence-corrected chi connectivity index (χ2v) is 4.78. The number of nitrogens with zero attached hydrogens (tertiary/aromatic N) is 2. The third-order valence-electron chi connectivity index (χ3n) is 3.42. The molecule has 1 fully saturated rings. The lowest BCUT2D eigenvalue weighted by atomic mass is 10.2. The maximum atomic E-state index is 13.5. The van der Waals surface area contributed by atoms with Crippen LogP contribution in [0.1, 0.15) is 0 Å². The molecular weight excluding hydrogens is 279 g/mol. The van der Waals surface area contributed by atoms with E-state index in [1.54, 1.807) is 0 Å². The molecule has 0 atom stereocenters. The summed E-state index contributed by atoms with van der Waals surface area (Å²) in [6, 6.07) is 2.21. The molecule has 116 valence electrons. The minimum atomic E-state index is -0.739. The topological polar surface area (TPSA) is 79.7 Å². The molecule has 7 nitrogen and oxygen atoms in total. The van der Waals surface area contributed by atoms with E-state index in [0.717, 1.165) is 38.8 Å². The SMILES string of the molecule is COc1cc(NCCN2CCNCC2)c([N+](=O)[O-])cc1F. The lowest BCUT2D eigenvalue weighted by Gasteiger charge is -2.27. The summed E-state index contributed by atoms with van der Waals surface area (Å²) in [7, 11) is 1.33. The molecule has 0 bridgehead atoms. The van der Waals surface area contributed by atoms with Crippen molar-refractivity contribution in [1.82, 2.24) is 10.2 Å². The van der Waals surface area contributed by atoms with E-state index in [1.807, 2.05) is 0 Å². The summed E-state index contributed by atoms with van der Waals surface area (Å²) < 4.78 is 18.4. The summed E-state index contributed by atoms with van der Waals surface area (Å²) in [5, 5.41) is 17.2. The van der Waals surface area contributed by atoms with E-state index in [1.165, 1.54) is 13.2 Å². The largest absolute Gasteiger partial charge is 0.494 e. The lowest BCUT2D eigenvalue weighted by molar-refractivity contribution is -0.384. The highest BCUT2D eigenvalue weighted by atomic mass is 19.1. The Hall–Kier alpha value is -1.93. The second kappa shape index (κ2) is 7.19. The van der Waals surface area contributed by atoms with Crippen molar-refractivity contribution in [3.63, 3.8) is 0 Å². The van der Waals surface area contributed by atoms with Gasteiger partial charge in [-0.05, 0) is 0 Å². The van der Waals surface area contributed by atoms with E-state index >= 15 is 0 Å². The second-order valence-electron chi connectivity index (χ2n) is 4.78. The first-order valence-corrected chi connectivity index (χ1v) is 6.80. The first-order valence-electron chi connectivity index (χ1n) is 6.80. The Morgan fingerprint density at radius 1 is 1.48 bits per heavy atom. The Labute approximate surface area is 122 Å². The molecule has 0 unspecified atom stereocenters. The van der Waals surface area contributed by atoms with Crippen LogP contribution in [0.15, 0.2) is 12.1 Å². The molecule has 0 spiro atoms. The molecule has 1 heterocycles. The number of nitro benzene ring substituents is 1. The van der Waals surface area contributed by atoms with Gasteiger partial charge in [0.25, 0.3) is 5.69 Å². The van der Waals surface area contributed by atoms with Crippen molar-refractivity contribution in [2.75, 3.05) is 51.7 Å². The van der Waals surface area contributed by atoms with Crippen molar-refractivity contribution < 1.29 is 14.1 Å². The van der Waals surface area contributed by atoms with E-state index < -0.39 is 10.7 Å². The summed E-state index contributed by atoms with van der Waals surface area (Å²) in [6.45, 7) is 5.14. The van der Waals surface area contributed by atoms with Crippen LogP contribution >= 0.6 is 0 Å². The first kappa shape index (κ1) is 15.5. The first-order chi connectivity index (χ1) is 10.1. The predicted octanol–water partition coefficient (Wildman–Crippen LogP) is 1.06. The Morgan fingerprint density at radius 3 is 2.81 bits per heavy atom. The molecule has 0 aliphatic carbocycles. The average Bonchev–Trinajstić information content (AvgIpc) is 2.49. The summed E-state index contributed by atoms with van der Waals surface area (Å²) in [5.41, 5.74) is -0.0120. The van der Waals surface area contributed by atoms with Crippen molar-refractivity contribution in [3.05, 3.63) is 28.1 Å². The molecule has 0 amide bonds.